The SMILES string of the molecule is Cc1ccccc1-c1cc(C(=O)NC(C#N)c2ccc(F)cc2F)c2cnn(C(C)C)c2n1. The van der Waals surface area contributed by atoms with Crippen LogP contribution in [-0.2, 0) is 0 Å². The molecule has 0 spiro atoms. The van der Waals surface area contributed by atoms with Gasteiger partial charge in [0.2, 0.25) is 0 Å². The van der Waals surface area contributed by atoms with Gasteiger partial charge in [-0.25, -0.2) is 18.4 Å². The number of rotatable bonds is 5. The Morgan fingerprint density at radius 3 is 2.58 bits per heavy atom. The lowest BCUT2D eigenvalue weighted by molar-refractivity contribution is 0.0946. The predicted molar refractivity (Wildman–Crippen MR) is 120 cm³/mol. The number of benzene rings is 2. The van der Waals surface area contributed by atoms with E-state index in [4.69, 9.17) is 4.98 Å². The number of halogens is 2. The molecule has 2 aromatic carbocycles. The number of pyridine rings is 1. The first-order chi connectivity index (χ1) is 15.8. The summed E-state index contributed by atoms with van der Waals surface area (Å²) in [6.45, 7) is 5.86. The fraction of sp³-hybridized carbons (Fsp3) is 0.200. The number of nitriles is 1. The molecule has 1 N–H and O–H groups in total. The third-order valence-electron chi connectivity index (χ3n) is 5.40. The fourth-order valence-electron chi connectivity index (χ4n) is 3.71. The van der Waals surface area contributed by atoms with Crippen molar-refractivity contribution in [1.82, 2.24) is 20.1 Å². The largest absolute Gasteiger partial charge is 0.332 e. The van der Waals surface area contributed by atoms with E-state index < -0.39 is 23.6 Å². The van der Waals surface area contributed by atoms with Crippen LogP contribution in [0.2, 0.25) is 0 Å². The Morgan fingerprint density at radius 2 is 1.91 bits per heavy atom. The summed E-state index contributed by atoms with van der Waals surface area (Å²) in [5.41, 5.74) is 3.08. The maximum atomic E-state index is 14.2. The van der Waals surface area contributed by atoms with Crippen LogP contribution in [0.25, 0.3) is 22.3 Å². The van der Waals surface area contributed by atoms with Crippen molar-refractivity contribution in [2.24, 2.45) is 0 Å². The number of hydrogen-bond donors (Lipinski definition) is 1. The highest BCUT2D eigenvalue weighted by atomic mass is 19.1. The molecule has 4 aromatic rings. The third kappa shape index (κ3) is 4.17. The van der Waals surface area contributed by atoms with Crippen LogP contribution in [-0.4, -0.2) is 20.7 Å². The molecule has 2 aromatic heterocycles. The van der Waals surface area contributed by atoms with Crippen molar-refractivity contribution in [3.05, 3.63) is 83.1 Å². The molecule has 1 unspecified atom stereocenters. The van der Waals surface area contributed by atoms with E-state index in [2.05, 4.69) is 10.4 Å². The highest BCUT2D eigenvalue weighted by molar-refractivity contribution is 6.06. The van der Waals surface area contributed by atoms with Crippen LogP contribution >= 0.6 is 0 Å². The highest BCUT2D eigenvalue weighted by Gasteiger charge is 2.23. The van der Waals surface area contributed by atoms with Crippen LogP contribution in [0.1, 0.15) is 47.4 Å². The maximum Gasteiger partial charge on any atom is 0.253 e. The standard InChI is InChI=1S/C25H21F2N5O/c1-14(2)32-24-20(13-29-32)19(11-22(30-24)17-7-5-4-6-15(17)3)25(33)31-23(12-28)18-9-8-16(26)10-21(18)27/h4-11,13-14,23H,1-3H3,(H,31,33). The lowest BCUT2D eigenvalue weighted by Gasteiger charge is -2.15. The molecule has 0 saturated heterocycles. The first kappa shape index (κ1) is 22.1. The number of nitrogens with one attached hydrogen (secondary N) is 1. The van der Waals surface area contributed by atoms with E-state index in [1.165, 1.54) is 0 Å². The zero-order chi connectivity index (χ0) is 23.7. The van der Waals surface area contributed by atoms with Gasteiger partial charge >= 0.3 is 0 Å². The summed E-state index contributed by atoms with van der Waals surface area (Å²) in [4.78, 5) is 18.1. The van der Waals surface area contributed by atoms with Crippen LogP contribution in [0.15, 0.2) is 54.7 Å². The first-order valence-corrected chi connectivity index (χ1v) is 10.4. The summed E-state index contributed by atoms with van der Waals surface area (Å²) in [5.74, 6) is -2.26. The van der Waals surface area contributed by atoms with Gasteiger partial charge in [-0.1, -0.05) is 30.3 Å². The van der Waals surface area contributed by atoms with Gasteiger partial charge in [0.1, 0.15) is 17.7 Å². The van der Waals surface area contributed by atoms with Crippen LogP contribution in [0, 0.1) is 29.9 Å². The Labute approximate surface area is 189 Å². The topological polar surface area (TPSA) is 83.6 Å². The number of nitrogens with zero attached hydrogens (tertiary/aromatic N) is 4. The van der Waals surface area contributed by atoms with Gasteiger partial charge in [0, 0.05) is 23.2 Å². The Hall–Kier alpha value is -4.12. The lowest BCUT2D eigenvalue weighted by atomic mass is 10.0. The monoisotopic (exact) mass is 445 g/mol. The van der Waals surface area contributed by atoms with E-state index in [0.717, 1.165) is 23.3 Å². The van der Waals surface area contributed by atoms with E-state index in [9.17, 15) is 18.8 Å². The molecule has 1 atom stereocenters. The fourth-order valence-corrected chi connectivity index (χ4v) is 3.71. The van der Waals surface area contributed by atoms with Gasteiger partial charge in [0.15, 0.2) is 5.65 Å². The Kier molecular flexibility index (Phi) is 5.88. The van der Waals surface area contributed by atoms with Crippen LogP contribution in [0.3, 0.4) is 0 Å². The highest BCUT2D eigenvalue weighted by Crippen LogP contribution is 2.29. The van der Waals surface area contributed by atoms with Crippen LogP contribution in [0.5, 0.6) is 0 Å². The van der Waals surface area contributed by atoms with Gasteiger partial charge in [0.05, 0.1) is 28.9 Å². The Bertz CT molecular complexity index is 1400. The minimum atomic E-state index is -1.30. The minimum absolute atomic E-state index is 0.00167. The predicted octanol–water partition coefficient (Wildman–Crippen LogP) is 5.26. The van der Waals surface area contributed by atoms with E-state index in [1.54, 1.807) is 16.9 Å². The van der Waals surface area contributed by atoms with E-state index in [1.807, 2.05) is 51.1 Å². The van der Waals surface area contributed by atoms with E-state index in [-0.39, 0.29) is 17.2 Å². The molecule has 33 heavy (non-hydrogen) atoms. The summed E-state index contributed by atoms with van der Waals surface area (Å²) in [6.07, 6.45) is 1.55. The molecular weight excluding hydrogens is 424 g/mol. The van der Waals surface area contributed by atoms with Crippen molar-refractivity contribution < 1.29 is 13.6 Å². The molecule has 0 bridgehead atoms. The second-order valence-electron chi connectivity index (χ2n) is 7.99. The molecule has 0 aliphatic heterocycles. The third-order valence-corrected chi connectivity index (χ3v) is 5.40. The van der Waals surface area contributed by atoms with Gasteiger partial charge < -0.3 is 5.32 Å². The zero-order valence-electron chi connectivity index (χ0n) is 18.3. The van der Waals surface area contributed by atoms with Crippen molar-refractivity contribution in [2.75, 3.05) is 0 Å². The number of aryl methyl sites for hydroxylation is 1. The first-order valence-electron chi connectivity index (χ1n) is 10.4. The van der Waals surface area contributed by atoms with Crippen LogP contribution < -0.4 is 5.32 Å². The average molecular weight is 445 g/mol. The second kappa shape index (κ2) is 8.79. The van der Waals surface area contributed by atoms with Gasteiger partial charge in [-0.15, -0.1) is 0 Å². The summed E-state index contributed by atoms with van der Waals surface area (Å²) in [6, 6.07) is 12.7. The van der Waals surface area contributed by atoms with Gasteiger partial charge in [-0.05, 0) is 38.5 Å². The van der Waals surface area contributed by atoms with Crippen molar-refractivity contribution >= 4 is 16.9 Å². The number of carbonyl (C=O) groups is 1. The molecule has 0 aliphatic carbocycles. The van der Waals surface area contributed by atoms with Gasteiger partial charge in [-0.2, -0.15) is 10.4 Å². The molecule has 8 heteroatoms. The van der Waals surface area contributed by atoms with Crippen molar-refractivity contribution in [3.8, 4) is 17.3 Å². The molecule has 1 amide bonds. The number of fused-ring (bicyclic) bond motifs is 1. The smallest absolute Gasteiger partial charge is 0.253 e. The van der Waals surface area contributed by atoms with Crippen molar-refractivity contribution in [3.63, 3.8) is 0 Å². The average Bonchev–Trinajstić information content (AvgIpc) is 3.22. The summed E-state index contributed by atoms with van der Waals surface area (Å²) < 4.78 is 29.3. The molecule has 0 aliphatic rings. The number of hydrogen-bond acceptors (Lipinski definition) is 4. The number of aromatic nitrogens is 3. The molecular formula is C25H21F2N5O. The quantitative estimate of drug-likeness (QED) is 0.454. The Morgan fingerprint density at radius 1 is 1.15 bits per heavy atom. The second-order valence-corrected chi connectivity index (χ2v) is 7.99. The van der Waals surface area contributed by atoms with Gasteiger partial charge in [-0.3, -0.25) is 4.79 Å². The summed E-state index contributed by atoms with van der Waals surface area (Å²) in [5, 5.41) is 17.0. The molecule has 6 nitrogen and oxygen atoms in total. The van der Waals surface area contributed by atoms with Gasteiger partial charge in [0.25, 0.3) is 5.91 Å². The molecule has 0 fully saturated rings. The lowest BCUT2D eigenvalue weighted by Crippen LogP contribution is -2.28. The normalized spacial score (nSPS) is 12.0. The number of amides is 1. The van der Waals surface area contributed by atoms with E-state index in [0.29, 0.717) is 22.8 Å². The molecule has 166 valence electrons. The summed E-state index contributed by atoms with van der Waals surface area (Å²) in [7, 11) is 0. The molecule has 0 radical (unpaired) electrons. The molecule has 2 heterocycles. The minimum Gasteiger partial charge on any atom is -0.332 e. The number of carbonyl (C=O) groups excluding carboxylic acids is 1. The van der Waals surface area contributed by atoms with Crippen molar-refractivity contribution in [1.29, 1.82) is 5.26 Å². The molecule has 0 saturated carbocycles. The zero-order valence-corrected chi connectivity index (χ0v) is 18.3. The molecule has 4 rings (SSSR count). The Balaban J connectivity index is 1.83. The van der Waals surface area contributed by atoms with Crippen molar-refractivity contribution in [2.45, 2.75) is 32.9 Å². The summed E-state index contributed by atoms with van der Waals surface area (Å²) >= 11 is 0. The van der Waals surface area contributed by atoms with Crippen LogP contribution in [0.4, 0.5) is 8.78 Å². The maximum absolute atomic E-state index is 14.2. The van der Waals surface area contributed by atoms with E-state index >= 15 is 0 Å².